The van der Waals surface area contributed by atoms with Crippen molar-refractivity contribution < 1.29 is 9.53 Å². The molecule has 0 spiro atoms. The summed E-state index contributed by atoms with van der Waals surface area (Å²) < 4.78 is 8.43. The van der Waals surface area contributed by atoms with Crippen LogP contribution in [0, 0.1) is 3.70 Å². The molecule has 3 rings (SSSR count). The Balaban J connectivity index is 1.81. The van der Waals surface area contributed by atoms with Gasteiger partial charge in [0.1, 0.15) is 9.30 Å². The third-order valence-electron chi connectivity index (χ3n) is 4.06. The van der Waals surface area contributed by atoms with E-state index in [0.717, 1.165) is 34.0 Å². The summed E-state index contributed by atoms with van der Waals surface area (Å²) in [6.07, 6.45) is 1.72. The summed E-state index contributed by atoms with van der Waals surface area (Å²) in [4.78, 5) is 14.3. The van der Waals surface area contributed by atoms with Crippen LogP contribution in [-0.2, 0) is 11.3 Å². The van der Waals surface area contributed by atoms with Crippen molar-refractivity contribution in [1.29, 1.82) is 0 Å². The maximum atomic E-state index is 12.4. The minimum Gasteiger partial charge on any atom is -0.444 e. The van der Waals surface area contributed by atoms with Gasteiger partial charge in [0.05, 0.1) is 18.1 Å². The lowest BCUT2D eigenvalue weighted by Crippen LogP contribution is -2.41. The molecule has 2 heterocycles. The number of aromatic nitrogens is 2. The van der Waals surface area contributed by atoms with Gasteiger partial charge in [-0.3, -0.25) is 4.68 Å². The number of hydrogen-bond acceptors (Lipinski definition) is 3. The highest BCUT2D eigenvalue weighted by atomic mass is 127. The quantitative estimate of drug-likeness (QED) is 0.610. The lowest BCUT2D eigenvalue weighted by atomic mass is 10.2. The first-order valence-corrected chi connectivity index (χ1v) is 9.51. The van der Waals surface area contributed by atoms with Crippen LogP contribution in [0.5, 0.6) is 0 Å². The van der Waals surface area contributed by atoms with Gasteiger partial charge in [-0.25, -0.2) is 4.79 Å². The Bertz CT molecular complexity index is 769. The summed E-state index contributed by atoms with van der Waals surface area (Å²) in [5, 5.41) is 6.38. The van der Waals surface area contributed by atoms with Gasteiger partial charge in [0.25, 0.3) is 0 Å². The average molecular weight is 462 g/mol. The first kappa shape index (κ1) is 17.8. The van der Waals surface area contributed by atoms with Gasteiger partial charge in [-0.1, -0.05) is 11.6 Å². The number of likely N-dealkylation sites (tertiary alicyclic amines) is 1. The van der Waals surface area contributed by atoms with Gasteiger partial charge >= 0.3 is 6.09 Å². The summed E-state index contributed by atoms with van der Waals surface area (Å²) in [5.74, 6) is 0. The highest BCUT2D eigenvalue weighted by molar-refractivity contribution is 14.1. The lowest BCUT2D eigenvalue weighted by molar-refractivity contribution is 0.0212. The summed E-state index contributed by atoms with van der Waals surface area (Å²) in [6.45, 7) is 7.08. The second-order valence-corrected chi connectivity index (χ2v) is 8.56. The fraction of sp³-hybridized carbons (Fsp3) is 0.529. The number of nitrogens with zero attached hydrogens (tertiary/aromatic N) is 3. The summed E-state index contributed by atoms with van der Waals surface area (Å²) in [6, 6.07) is 5.90. The maximum absolute atomic E-state index is 12.4. The fourth-order valence-electron chi connectivity index (χ4n) is 3.04. The molecule has 1 fully saturated rings. The third kappa shape index (κ3) is 3.79. The van der Waals surface area contributed by atoms with E-state index >= 15 is 0 Å². The van der Waals surface area contributed by atoms with E-state index in [1.165, 1.54) is 0 Å². The molecule has 1 amide bonds. The predicted octanol–water partition coefficient (Wildman–Crippen LogP) is 4.69. The van der Waals surface area contributed by atoms with Crippen molar-refractivity contribution in [2.75, 3.05) is 6.54 Å². The molecular weight excluding hydrogens is 441 g/mol. The van der Waals surface area contributed by atoms with Crippen molar-refractivity contribution in [1.82, 2.24) is 14.7 Å². The Morgan fingerprint density at radius 3 is 2.92 bits per heavy atom. The first-order chi connectivity index (χ1) is 11.2. The number of fused-ring (bicyclic) bond motifs is 1. The van der Waals surface area contributed by atoms with Crippen LogP contribution in [0.15, 0.2) is 18.2 Å². The zero-order valence-electron chi connectivity index (χ0n) is 14.1. The van der Waals surface area contributed by atoms with Crippen molar-refractivity contribution in [3.63, 3.8) is 0 Å². The zero-order chi connectivity index (χ0) is 17.5. The predicted molar refractivity (Wildman–Crippen MR) is 103 cm³/mol. The largest absolute Gasteiger partial charge is 0.444 e. The molecule has 1 aromatic carbocycles. The third-order valence-corrected chi connectivity index (χ3v) is 5.09. The average Bonchev–Trinajstić information content (AvgIpc) is 3.03. The number of halogens is 2. The number of rotatable bonds is 2. The molecule has 0 unspecified atom stereocenters. The Labute approximate surface area is 160 Å². The normalized spacial score (nSPS) is 18.4. The van der Waals surface area contributed by atoms with Gasteiger partial charge in [0.2, 0.25) is 0 Å². The summed E-state index contributed by atoms with van der Waals surface area (Å²) in [7, 11) is 0. The Hall–Kier alpha value is -1.02. The molecule has 0 aliphatic carbocycles. The Morgan fingerprint density at radius 1 is 1.46 bits per heavy atom. The highest BCUT2D eigenvalue weighted by Crippen LogP contribution is 2.27. The van der Waals surface area contributed by atoms with E-state index in [1.54, 1.807) is 0 Å². The molecule has 1 aliphatic rings. The van der Waals surface area contributed by atoms with Gasteiger partial charge in [-0.2, -0.15) is 5.10 Å². The van der Waals surface area contributed by atoms with Crippen LogP contribution < -0.4 is 0 Å². The van der Waals surface area contributed by atoms with Crippen LogP contribution in [0.25, 0.3) is 10.9 Å². The van der Waals surface area contributed by atoms with Crippen molar-refractivity contribution in [2.24, 2.45) is 0 Å². The minimum absolute atomic E-state index is 0.106. The van der Waals surface area contributed by atoms with Crippen LogP contribution in [-0.4, -0.2) is 39.0 Å². The monoisotopic (exact) mass is 461 g/mol. The van der Waals surface area contributed by atoms with Crippen LogP contribution >= 0.6 is 34.2 Å². The molecule has 0 N–H and O–H groups in total. The van der Waals surface area contributed by atoms with Gasteiger partial charge in [-0.15, -0.1) is 0 Å². The van der Waals surface area contributed by atoms with Crippen LogP contribution in [0.3, 0.4) is 0 Å². The first-order valence-electron chi connectivity index (χ1n) is 8.06. The van der Waals surface area contributed by atoms with Crippen LogP contribution in [0.1, 0.15) is 33.6 Å². The van der Waals surface area contributed by atoms with Crippen LogP contribution in [0.4, 0.5) is 4.79 Å². The molecule has 0 bridgehead atoms. The lowest BCUT2D eigenvalue weighted by Gasteiger charge is -2.28. The second kappa shape index (κ2) is 6.71. The minimum atomic E-state index is -0.477. The maximum Gasteiger partial charge on any atom is 0.410 e. The highest BCUT2D eigenvalue weighted by Gasteiger charge is 2.32. The van der Waals surface area contributed by atoms with Crippen molar-refractivity contribution in [3.8, 4) is 0 Å². The number of hydrogen-bond donors (Lipinski definition) is 0. The molecule has 0 saturated carbocycles. The number of benzene rings is 1. The molecule has 1 atom stereocenters. The zero-order valence-corrected chi connectivity index (χ0v) is 17.0. The number of carbonyl (C=O) groups excluding carboxylic acids is 1. The molecule has 24 heavy (non-hydrogen) atoms. The van der Waals surface area contributed by atoms with Gasteiger partial charge in [0, 0.05) is 17.0 Å². The van der Waals surface area contributed by atoms with Gasteiger partial charge in [-0.05, 0) is 74.4 Å². The molecule has 1 aromatic heterocycles. The van der Waals surface area contributed by atoms with E-state index in [0.29, 0.717) is 11.6 Å². The standard InChI is InChI=1S/C17H21ClIN3O2/c1-17(2,3)24-16(23)21-8-4-5-12(21)10-22-14-7-6-11(18)9-13(14)15(19)20-22/h6-7,9,12H,4-5,8,10H2,1-3H3/t12-/m0/s1. The summed E-state index contributed by atoms with van der Waals surface area (Å²) >= 11 is 8.31. The number of carbonyl (C=O) groups is 1. The molecular formula is C17H21ClIN3O2. The van der Waals surface area contributed by atoms with Crippen molar-refractivity contribution in [3.05, 3.63) is 26.9 Å². The fourth-order valence-corrected chi connectivity index (χ4v) is 3.90. The van der Waals surface area contributed by atoms with E-state index in [9.17, 15) is 4.79 Å². The van der Waals surface area contributed by atoms with E-state index in [1.807, 2.05) is 48.6 Å². The van der Waals surface area contributed by atoms with Crippen LogP contribution in [0.2, 0.25) is 5.02 Å². The van der Waals surface area contributed by atoms with E-state index in [-0.39, 0.29) is 12.1 Å². The summed E-state index contributed by atoms with van der Waals surface area (Å²) in [5.41, 5.74) is 0.564. The molecule has 5 nitrogen and oxygen atoms in total. The molecule has 2 aromatic rings. The Kier molecular flexibility index (Phi) is 4.97. The molecule has 0 radical (unpaired) electrons. The Morgan fingerprint density at radius 2 is 2.21 bits per heavy atom. The smallest absolute Gasteiger partial charge is 0.410 e. The molecule has 1 aliphatic heterocycles. The van der Waals surface area contributed by atoms with Crippen molar-refractivity contribution in [2.45, 2.75) is 51.8 Å². The molecule has 7 heteroatoms. The SMILES string of the molecule is CC(C)(C)OC(=O)N1CCC[C@H]1Cn1nc(I)c2cc(Cl)ccc21. The topological polar surface area (TPSA) is 47.4 Å². The van der Waals surface area contributed by atoms with Crippen molar-refractivity contribution >= 4 is 51.2 Å². The van der Waals surface area contributed by atoms with Gasteiger partial charge in [0.15, 0.2) is 0 Å². The molecule has 130 valence electrons. The number of ether oxygens (including phenoxy) is 1. The van der Waals surface area contributed by atoms with E-state index < -0.39 is 5.60 Å². The second-order valence-electron chi connectivity index (χ2n) is 7.10. The van der Waals surface area contributed by atoms with E-state index in [4.69, 9.17) is 16.3 Å². The van der Waals surface area contributed by atoms with E-state index in [2.05, 4.69) is 27.7 Å². The number of amides is 1. The van der Waals surface area contributed by atoms with Gasteiger partial charge < -0.3 is 9.64 Å². The molecule has 1 saturated heterocycles.